The number of alkyl halides is 5. The number of halogens is 5. The summed E-state index contributed by atoms with van der Waals surface area (Å²) in [6.07, 6.45) is -7.33. The van der Waals surface area contributed by atoms with Crippen molar-refractivity contribution in [2.75, 3.05) is 0 Å². The molecule has 1 aromatic rings. The Morgan fingerprint density at radius 1 is 1.06 bits per heavy atom. The van der Waals surface area contributed by atoms with Crippen LogP contribution in [0.3, 0.4) is 0 Å². The zero-order valence-electron chi connectivity index (χ0n) is 8.18. The van der Waals surface area contributed by atoms with Gasteiger partial charge in [-0.2, -0.15) is 22.0 Å². The Hall–Kier alpha value is -1.17. The highest BCUT2D eigenvalue weighted by molar-refractivity contribution is 5.33. The van der Waals surface area contributed by atoms with Gasteiger partial charge in [-0.3, -0.25) is 0 Å². The minimum absolute atomic E-state index is 0.537. The zero-order chi connectivity index (χ0) is 12.6. The lowest BCUT2D eigenvalue weighted by molar-refractivity contribution is -0.289. The van der Waals surface area contributed by atoms with Gasteiger partial charge in [0, 0.05) is 5.56 Å². The second-order valence-electron chi connectivity index (χ2n) is 3.30. The molecule has 1 rings (SSSR count). The predicted octanol–water partition coefficient (Wildman–Crippen LogP) is 3.83. The van der Waals surface area contributed by atoms with Gasteiger partial charge < -0.3 is 0 Å². The molecule has 0 heterocycles. The lowest BCUT2D eigenvalue weighted by Gasteiger charge is -2.22. The van der Waals surface area contributed by atoms with Crippen molar-refractivity contribution in [3.05, 3.63) is 35.4 Å². The lowest BCUT2D eigenvalue weighted by atomic mass is 9.98. The van der Waals surface area contributed by atoms with Crippen LogP contribution >= 0.6 is 0 Å². The van der Waals surface area contributed by atoms with Crippen LogP contribution in [0.25, 0.3) is 0 Å². The first-order chi connectivity index (χ1) is 7.18. The molecule has 0 saturated carbocycles. The number of benzene rings is 1. The van der Waals surface area contributed by atoms with Gasteiger partial charge in [0.1, 0.15) is 6.10 Å². The summed E-state index contributed by atoms with van der Waals surface area (Å²) >= 11 is 0. The zero-order valence-corrected chi connectivity index (χ0v) is 8.18. The Bertz CT molecular complexity index is 370. The quantitative estimate of drug-likeness (QED) is 0.699. The minimum Gasteiger partial charge on any atom is -0.228 e. The third kappa shape index (κ3) is 2.16. The molecule has 1 nitrogen and oxygen atoms in total. The van der Waals surface area contributed by atoms with E-state index in [4.69, 9.17) is 0 Å². The van der Waals surface area contributed by atoms with E-state index in [-0.39, 0.29) is 0 Å². The minimum atomic E-state index is -5.70. The van der Waals surface area contributed by atoms with E-state index in [9.17, 15) is 27.1 Å². The van der Waals surface area contributed by atoms with Crippen molar-refractivity contribution in [3.63, 3.8) is 0 Å². The number of hydrogen-bond donors (Lipinski definition) is 0. The van der Waals surface area contributed by atoms with Gasteiger partial charge in [-0.25, -0.2) is 5.11 Å². The summed E-state index contributed by atoms with van der Waals surface area (Å²) in [5.74, 6) is -5.00. The molecule has 0 fully saturated rings. The Labute approximate surface area is 88.5 Å². The van der Waals surface area contributed by atoms with Crippen LogP contribution in [-0.2, 0) is 11.0 Å². The number of rotatable bonds is 2. The van der Waals surface area contributed by atoms with Crippen molar-refractivity contribution in [1.29, 1.82) is 0 Å². The highest BCUT2D eigenvalue weighted by atomic mass is 19.4. The summed E-state index contributed by atoms with van der Waals surface area (Å²) in [5, 5.41) is 11.0. The molecule has 6 heteroatoms. The SMILES string of the molecule is CC([O])c1ccccc1C(F)(F)C(F)(F)F. The first kappa shape index (κ1) is 12.9. The van der Waals surface area contributed by atoms with E-state index < -0.39 is 29.3 Å². The molecule has 1 aromatic carbocycles. The summed E-state index contributed by atoms with van der Waals surface area (Å²) in [6, 6.07) is 3.89. The fraction of sp³-hybridized carbons (Fsp3) is 0.400. The lowest BCUT2D eigenvalue weighted by Crippen LogP contribution is -2.34. The molecule has 0 N–H and O–H groups in total. The van der Waals surface area contributed by atoms with E-state index in [1.807, 2.05) is 0 Å². The topological polar surface area (TPSA) is 19.9 Å². The molecule has 1 radical (unpaired) electrons. The van der Waals surface area contributed by atoms with Gasteiger partial charge in [0.25, 0.3) is 0 Å². The van der Waals surface area contributed by atoms with Crippen molar-refractivity contribution in [1.82, 2.24) is 0 Å². The van der Waals surface area contributed by atoms with Crippen LogP contribution in [0.2, 0.25) is 0 Å². The van der Waals surface area contributed by atoms with Gasteiger partial charge in [-0.05, 0) is 12.5 Å². The van der Waals surface area contributed by atoms with E-state index in [1.54, 1.807) is 0 Å². The molecule has 0 aliphatic carbocycles. The maximum absolute atomic E-state index is 13.0. The van der Waals surface area contributed by atoms with E-state index in [1.165, 1.54) is 6.07 Å². The first-order valence-electron chi connectivity index (χ1n) is 4.37. The van der Waals surface area contributed by atoms with Crippen molar-refractivity contribution in [2.45, 2.75) is 25.1 Å². The van der Waals surface area contributed by atoms with E-state index in [2.05, 4.69) is 0 Å². The van der Waals surface area contributed by atoms with Crippen molar-refractivity contribution < 1.29 is 27.1 Å². The molecule has 1 unspecified atom stereocenters. The van der Waals surface area contributed by atoms with Gasteiger partial charge in [0.2, 0.25) is 0 Å². The van der Waals surface area contributed by atoms with Gasteiger partial charge in [-0.15, -0.1) is 0 Å². The van der Waals surface area contributed by atoms with Crippen LogP contribution in [0.15, 0.2) is 24.3 Å². The maximum Gasteiger partial charge on any atom is 0.458 e. The summed E-state index contributed by atoms with van der Waals surface area (Å²) in [4.78, 5) is 0. The van der Waals surface area contributed by atoms with Gasteiger partial charge in [0.15, 0.2) is 0 Å². The van der Waals surface area contributed by atoms with Gasteiger partial charge >= 0.3 is 12.1 Å². The van der Waals surface area contributed by atoms with E-state index >= 15 is 0 Å². The maximum atomic E-state index is 13.0. The molecular formula is C10H8F5O. The van der Waals surface area contributed by atoms with Crippen LogP contribution in [0, 0.1) is 0 Å². The second kappa shape index (κ2) is 4.01. The molecule has 0 aliphatic rings. The standard InChI is InChI=1S/C10H8F5O/c1-6(16)7-4-2-3-5-8(7)9(11,12)10(13,14)15/h2-6H,1H3. The average Bonchev–Trinajstić information content (AvgIpc) is 2.16. The summed E-state index contributed by atoms with van der Waals surface area (Å²) in [6.45, 7) is 1.02. The summed E-state index contributed by atoms with van der Waals surface area (Å²) in [7, 11) is 0. The molecule has 0 aromatic heterocycles. The second-order valence-corrected chi connectivity index (χ2v) is 3.30. The summed E-state index contributed by atoms with van der Waals surface area (Å²) in [5.41, 5.74) is -1.81. The molecule has 0 bridgehead atoms. The molecule has 0 amide bonds. The first-order valence-corrected chi connectivity index (χ1v) is 4.37. The predicted molar refractivity (Wildman–Crippen MR) is 45.5 cm³/mol. The van der Waals surface area contributed by atoms with Crippen molar-refractivity contribution in [3.8, 4) is 0 Å². The molecule has 1 atom stereocenters. The largest absolute Gasteiger partial charge is 0.458 e. The number of hydrogen-bond acceptors (Lipinski definition) is 0. The van der Waals surface area contributed by atoms with Crippen LogP contribution < -0.4 is 0 Å². The fourth-order valence-corrected chi connectivity index (χ4v) is 1.29. The van der Waals surface area contributed by atoms with Crippen molar-refractivity contribution in [2.24, 2.45) is 0 Å². The van der Waals surface area contributed by atoms with Gasteiger partial charge in [-0.1, -0.05) is 24.3 Å². The Balaban J connectivity index is 3.33. The monoisotopic (exact) mass is 239 g/mol. The Morgan fingerprint density at radius 2 is 1.56 bits per heavy atom. The smallest absolute Gasteiger partial charge is 0.228 e. The normalized spacial score (nSPS) is 14.9. The van der Waals surface area contributed by atoms with Crippen LogP contribution in [0.4, 0.5) is 22.0 Å². The van der Waals surface area contributed by atoms with Crippen LogP contribution in [0.1, 0.15) is 24.2 Å². The highest BCUT2D eigenvalue weighted by Gasteiger charge is 2.59. The molecule has 89 valence electrons. The molecule has 16 heavy (non-hydrogen) atoms. The Morgan fingerprint density at radius 3 is 2.00 bits per heavy atom. The average molecular weight is 239 g/mol. The van der Waals surface area contributed by atoms with E-state index in [0.717, 1.165) is 19.1 Å². The third-order valence-corrected chi connectivity index (χ3v) is 2.09. The van der Waals surface area contributed by atoms with Crippen LogP contribution in [-0.4, -0.2) is 6.18 Å². The van der Waals surface area contributed by atoms with E-state index in [0.29, 0.717) is 6.07 Å². The highest BCUT2D eigenvalue weighted by Crippen LogP contribution is 2.45. The fourth-order valence-electron chi connectivity index (χ4n) is 1.29. The molecular weight excluding hydrogens is 231 g/mol. The molecule has 0 spiro atoms. The van der Waals surface area contributed by atoms with Crippen molar-refractivity contribution >= 4 is 0 Å². The van der Waals surface area contributed by atoms with Crippen LogP contribution in [0.5, 0.6) is 0 Å². The molecule has 0 aliphatic heterocycles. The Kier molecular flexibility index (Phi) is 3.23. The van der Waals surface area contributed by atoms with Gasteiger partial charge in [0.05, 0.1) is 0 Å². The molecule has 0 saturated heterocycles. The summed E-state index contributed by atoms with van der Waals surface area (Å²) < 4.78 is 62.4. The third-order valence-electron chi connectivity index (χ3n) is 2.09.